The molecule has 2 rings (SSSR count). The summed E-state index contributed by atoms with van der Waals surface area (Å²) in [4.78, 5) is 16.3. The van der Waals surface area contributed by atoms with Gasteiger partial charge in [-0.05, 0) is 30.7 Å². The Morgan fingerprint density at radius 1 is 1.17 bits per heavy atom. The lowest BCUT2D eigenvalue weighted by Gasteiger charge is -2.09. The highest BCUT2D eigenvalue weighted by atomic mass is 35.5. The smallest absolute Gasteiger partial charge is 0.257 e. The van der Waals surface area contributed by atoms with Gasteiger partial charge in [0.05, 0.1) is 21.3 Å². The molecule has 0 atom stereocenters. The lowest BCUT2D eigenvalue weighted by atomic mass is 10.2. The molecule has 0 radical (unpaired) electrons. The van der Waals surface area contributed by atoms with Gasteiger partial charge in [-0.1, -0.05) is 23.2 Å². The predicted octanol–water partition coefficient (Wildman–Crippen LogP) is 4.09. The van der Waals surface area contributed by atoms with Gasteiger partial charge in [0.2, 0.25) is 0 Å². The summed E-state index contributed by atoms with van der Waals surface area (Å²) in [7, 11) is 1.66. The number of benzene rings is 1. The van der Waals surface area contributed by atoms with Crippen molar-refractivity contribution in [2.45, 2.75) is 6.42 Å². The first-order valence-electron chi connectivity index (χ1n) is 7.04. The van der Waals surface area contributed by atoms with E-state index in [9.17, 15) is 4.79 Å². The van der Waals surface area contributed by atoms with Gasteiger partial charge >= 0.3 is 0 Å². The molecule has 7 heteroatoms. The van der Waals surface area contributed by atoms with Gasteiger partial charge in [-0.25, -0.2) is 0 Å². The fraction of sp³-hybridized carbons (Fsp3) is 0.250. The van der Waals surface area contributed by atoms with E-state index in [-0.39, 0.29) is 5.91 Å². The van der Waals surface area contributed by atoms with Crippen LogP contribution in [0.5, 0.6) is 0 Å². The highest BCUT2D eigenvalue weighted by Crippen LogP contribution is 2.25. The Balaban J connectivity index is 2.00. The Morgan fingerprint density at radius 3 is 2.74 bits per heavy atom. The van der Waals surface area contributed by atoms with Gasteiger partial charge in [0.25, 0.3) is 5.91 Å². The number of pyridine rings is 1. The Hall–Kier alpha value is -1.82. The molecule has 1 heterocycles. The molecule has 0 saturated heterocycles. The van der Waals surface area contributed by atoms with E-state index >= 15 is 0 Å². The van der Waals surface area contributed by atoms with E-state index in [0.29, 0.717) is 27.9 Å². The number of nitrogens with zero attached hydrogens (tertiary/aromatic N) is 1. The first kappa shape index (κ1) is 17.5. The second kappa shape index (κ2) is 8.72. The van der Waals surface area contributed by atoms with E-state index < -0.39 is 0 Å². The topological polar surface area (TPSA) is 63.2 Å². The molecule has 0 aliphatic carbocycles. The van der Waals surface area contributed by atoms with E-state index in [2.05, 4.69) is 15.6 Å². The third-order valence-electron chi connectivity index (χ3n) is 3.03. The molecule has 1 aromatic carbocycles. The summed E-state index contributed by atoms with van der Waals surface area (Å²) in [6, 6.07) is 6.66. The summed E-state index contributed by atoms with van der Waals surface area (Å²) in [5.74, 6) is -0.267. The average Bonchev–Trinajstić information content (AvgIpc) is 2.55. The Kier molecular flexibility index (Phi) is 6.65. The number of aromatic nitrogens is 1. The number of hydrogen-bond acceptors (Lipinski definition) is 4. The van der Waals surface area contributed by atoms with Crippen molar-refractivity contribution in [1.82, 2.24) is 4.98 Å². The van der Waals surface area contributed by atoms with Gasteiger partial charge in [0.15, 0.2) is 0 Å². The lowest BCUT2D eigenvalue weighted by Crippen LogP contribution is -2.13. The van der Waals surface area contributed by atoms with Crippen LogP contribution in [0.3, 0.4) is 0 Å². The van der Waals surface area contributed by atoms with Gasteiger partial charge in [0, 0.05) is 38.3 Å². The molecule has 122 valence electrons. The lowest BCUT2D eigenvalue weighted by molar-refractivity contribution is 0.102. The number of nitrogens with one attached hydrogen (secondary N) is 2. The third kappa shape index (κ3) is 5.39. The van der Waals surface area contributed by atoms with Crippen LogP contribution in [0.15, 0.2) is 36.7 Å². The maximum atomic E-state index is 12.3. The number of amides is 1. The van der Waals surface area contributed by atoms with Crippen molar-refractivity contribution < 1.29 is 9.53 Å². The zero-order valence-electron chi connectivity index (χ0n) is 12.6. The van der Waals surface area contributed by atoms with Crippen molar-refractivity contribution in [3.63, 3.8) is 0 Å². The van der Waals surface area contributed by atoms with Crippen molar-refractivity contribution in [2.75, 3.05) is 30.9 Å². The molecule has 2 aromatic rings. The van der Waals surface area contributed by atoms with E-state index in [0.717, 1.165) is 18.7 Å². The Morgan fingerprint density at radius 2 is 2.00 bits per heavy atom. The van der Waals surface area contributed by atoms with Crippen LogP contribution in [-0.4, -0.2) is 31.2 Å². The molecule has 0 aliphatic rings. The minimum absolute atomic E-state index is 0.267. The number of carbonyl (C=O) groups excluding carboxylic acids is 1. The second-order valence-electron chi connectivity index (χ2n) is 4.82. The predicted molar refractivity (Wildman–Crippen MR) is 93.6 cm³/mol. The van der Waals surface area contributed by atoms with Gasteiger partial charge in [-0.3, -0.25) is 9.78 Å². The summed E-state index contributed by atoms with van der Waals surface area (Å²) in [5.41, 5.74) is 1.80. The highest BCUT2D eigenvalue weighted by Gasteiger charge is 2.08. The standard InChI is InChI=1S/C16H17Cl2N3O2/c1-23-6-2-5-20-13-7-11(9-19-10-13)16(22)21-12-3-4-14(17)15(18)8-12/h3-4,7-10,20H,2,5-6H2,1H3,(H,21,22). The number of anilines is 2. The number of carbonyl (C=O) groups is 1. The van der Waals surface area contributed by atoms with Crippen molar-refractivity contribution in [3.05, 3.63) is 52.3 Å². The molecule has 0 unspecified atom stereocenters. The van der Waals surface area contributed by atoms with E-state index in [1.165, 1.54) is 6.20 Å². The van der Waals surface area contributed by atoms with Crippen LogP contribution < -0.4 is 10.6 Å². The second-order valence-corrected chi connectivity index (χ2v) is 5.63. The minimum atomic E-state index is -0.267. The van der Waals surface area contributed by atoms with Gasteiger partial charge in [0.1, 0.15) is 0 Å². The number of halogens is 2. The summed E-state index contributed by atoms with van der Waals surface area (Å²) < 4.78 is 4.99. The number of rotatable bonds is 7. The monoisotopic (exact) mass is 353 g/mol. The quantitative estimate of drug-likeness (QED) is 0.735. The van der Waals surface area contributed by atoms with Crippen molar-refractivity contribution in [1.29, 1.82) is 0 Å². The van der Waals surface area contributed by atoms with Crippen LogP contribution in [-0.2, 0) is 4.74 Å². The van der Waals surface area contributed by atoms with Crippen molar-refractivity contribution >= 4 is 40.5 Å². The third-order valence-corrected chi connectivity index (χ3v) is 3.77. The summed E-state index contributed by atoms with van der Waals surface area (Å²) >= 11 is 11.8. The maximum Gasteiger partial charge on any atom is 0.257 e. The molecule has 0 aliphatic heterocycles. The van der Waals surface area contributed by atoms with Gasteiger partial charge in [-0.15, -0.1) is 0 Å². The Labute approximate surface area is 145 Å². The minimum Gasteiger partial charge on any atom is -0.385 e. The number of methoxy groups -OCH3 is 1. The maximum absolute atomic E-state index is 12.3. The van der Waals surface area contributed by atoms with E-state index in [1.807, 2.05) is 0 Å². The summed E-state index contributed by atoms with van der Waals surface area (Å²) in [5, 5.41) is 6.78. The molecule has 2 N–H and O–H groups in total. The zero-order valence-corrected chi connectivity index (χ0v) is 14.1. The van der Waals surface area contributed by atoms with Crippen LogP contribution in [0.1, 0.15) is 16.8 Å². The molecule has 0 bridgehead atoms. The normalized spacial score (nSPS) is 10.4. The van der Waals surface area contributed by atoms with Crippen LogP contribution in [0.4, 0.5) is 11.4 Å². The average molecular weight is 354 g/mol. The fourth-order valence-electron chi connectivity index (χ4n) is 1.89. The largest absolute Gasteiger partial charge is 0.385 e. The van der Waals surface area contributed by atoms with Crippen molar-refractivity contribution in [2.24, 2.45) is 0 Å². The number of ether oxygens (including phenoxy) is 1. The molecule has 5 nitrogen and oxygen atoms in total. The zero-order chi connectivity index (χ0) is 16.7. The highest BCUT2D eigenvalue weighted by molar-refractivity contribution is 6.42. The van der Waals surface area contributed by atoms with Crippen LogP contribution in [0.2, 0.25) is 10.0 Å². The van der Waals surface area contributed by atoms with E-state index in [1.54, 1.807) is 37.6 Å². The van der Waals surface area contributed by atoms with Crippen molar-refractivity contribution in [3.8, 4) is 0 Å². The summed E-state index contributed by atoms with van der Waals surface area (Å²) in [6.45, 7) is 1.42. The van der Waals surface area contributed by atoms with Gasteiger partial charge in [-0.2, -0.15) is 0 Å². The van der Waals surface area contributed by atoms with Crippen LogP contribution >= 0.6 is 23.2 Å². The number of hydrogen-bond donors (Lipinski definition) is 2. The van der Waals surface area contributed by atoms with Crippen LogP contribution in [0, 0.1) is 0 Å². The molecule has 23 heavy (non-hydrogen) atoms. The molecule has 0 fully saturated rings. The molecule has 0 saturated carbocycles. The van der Waals surface area contributed by atoms with Crippen LogP contribution in [0.25, 0.3) is 0 Å². The molecular formula is C16H17Cl2N3O2. The molecule has 1 aromatic heterocycles. The molecular weight excluding hydrogens is 337 g/mol. The molecule has 0 spiro atoms. The first-order chi connectivity index (χ1) is 11.1. The van der Waals surface area contributed by atoms with Gasteiger partial charge < -0.3 is 15.4 Å². The molecule has 1 amide bonds. The fourth-order valence-corrected chi connectivity index (χ4v) is 2.19. The van der Waals surface area contributed by atoms with E-state index in [4.69, 9.17) is 27.9 Å². The first-order valence-corrected chi connectivity index (χ1v) is 7.80. The Bertz CT molecular complexity index is 680. The SMILES string of the molecule is COCCCNc1cncc(C(=O)Nc2ccc(Cl)c(Cl)c2)c1. The summed E-state index contributed by atoms with van der Waals surface area (Å²) in [6.07, 6.45) is 4.05.